The molecule has 0 spiro atoms. The maximum Gasteiger partial charge on any atom is 0.231 e. The Morgan fingerprint density at radius 3 is 2.61 bits per heavy atom. The lowest BCUT2D eigenvalue weighted by molar-refractivity contribution is 0.0876. The maximum atomic E-state index is 13.2. The first-order valence-corrected chi connectivity index (χ1v) is 11.2. The van der Waals surface area contributed by atoms with E-state index in [9.17, 15) is 4.79 Å². The molecule has 0 aliphatic carbocycles. The minimum Gasteiger partial charge on any atom is -0.477 e. The molecule has 2 aromatic carbocycles. The smallest absolute Gasteiger partial charge is 0.231 e. The predicted molar refractivity (Wildman–Crippen MR) is 128 cm³/mol. The van der Waals surface area contributed by atoms with E-state index in [0.717, 1.165) is 34.5 Å². The van der Waals surface area contributed by atoms with Crippen LogP contribution in [0, 0.1) is 6.92 Å². The number of pyridine rings is 1. The number of Topliss-reactive ketones (excluding diaryl/α,β-unsaturated/α-hetero) is 1. The van der Waals surface area contributed by atoms with E-state index >= 15 is 0 Å². The summed E-state index contributed by atoms with van der Waals surface area (Å²) in [7, 11) is 0. The Labute approximate surface area is 194 Å². The van der Waals surface area contributed by atoms with Crippen LogP contribution >= 0.6 is 0 Å². The second kappa shape index (κ2) is 8.16. The molecule has 2 aliphatic heterocycles. The van der Waals surface area contributed by atoms with Crippen LogP contribution in [-0.2, 0) is 18.5 Å². The van der Waals surface area contributed by atoms with E-state index in [1.165, 1.54) is 5.56 Å². The molecule has 0 amide bonds. The number of ketones is 1. The van der Waals surface area contributed by atoms with Crippen molar-refractivity contribution in [2.75, 3.05) is 6.73 Å². The second-order valence-corrected chi connectivity index (χ2v) is 9.80. The van der Waals surface area contributed by atoms with Crippen molar-refractivity contribution in [1.29, 1.82) is 0 Å². The quantitative estimate of drug-likeness (QED) is 0.492. The molecule has 0 fully saturated rings. The average Bonchev–Trinajstić information content (AvgIpc) is 3.10. The van der Waals surface area contributed by atoms with Gasteiger partial charge in [0, 0.05) is 36.6 Å². The molecule has 5 heteroatoms. The highest BCUT2D eigenvalue weighted by Crippen LogP contribution is 2.43. The van der Waals surface area contributed by atoms with Gasteiger partial charge in [0.15, 0.2) is 5.76 Å². The Hall–Kier alpha value is -3.44. The van der Waals surface area contributed by atoms with Gasteiger partial charge >= 0.3 is 0 Å². The number of fused-ring (bicyclic) bond motifs is 2. The highest BCUT2D eigenvalue weighted by Gasteiger charge is 2.33. The molecule has 0 saturated carbocycles. The molecule has 5 rings (SSSR count). The lowest BCUT2D eigenvalue weighted by Crippen LogP contribution is -2.32. The molecular formula is C28H28N2O3. The number of hydrogen-bond donors (Lipinski definition) is 0. The highest BCUT2D eigenvalue weighted by molar-refractivity contribution is 6.15. The Kier molecular flexibility index (Phi) is 5.29. The fourth-order valence-corrected chi connectivity index (χ4v) is 4.38. The zero-order valence-corrected chi connectivity index (χ0v) is 19.5. The first-order valence-electron chi connectivity index (χ1n) is 11.2. The third kappa shape index (κ3) is 4.16. The summed E-state index contributed by atoms with van der Waals surface area (Å²) in [4.78, 5) is 19.6. The molecule has 0 bridgehead atoms. The van der Waals surface area contributed by atoms with E-state index in [0.29, 0.717) is 30.3 Å². The summed E-state index contributed by atoms with van der Waals surface area (Å²) in [5, 5.41) is 0. The van der Waals surface area contributed by atoms with Crippen molar-refractivity contribution in [2.45, 2.75) is 46.2 Å². The lowest BCUT2D eigenvalue weighted by Gasteiger charge is -2.30. The Morgan fingerprint density at radius 1 is 1.12 bits per heavy atom. The van der Waals surface area contributed by atoms with Gasteiger partial charge < -0.3 is 9.47 Å². The van der Waals surface area contributed by atoms with Gasteiger partial charge in [0.05, 0.1) is 5.56 Å². The van der Waals surface area contributed by atoms with Gasteiger partial charge in [-0.2, -0.15) is 0 Å². The molecule has 33 heavy (non-hydrogen) atoms. The number of nitrogens with zero attached hydrogens (tertiary/aromatic N) is 2. The number of ether oxygens (including phenoxy) is 2. The lowest BCUT2D eigenvalue weighted by atomic mass is 9.86. The van der Waals surface area contributed by atoms with Crippen LogP contribution in [0.4, 0.5) is 0 Å². The number of aromatic nitrogens is 1. The minimum atomic E-state index is -0.0832. The molecule has 168 valence electrons. The van der Waals surface area contributed by atoms with Crippen molar-refractivity contribution in [1.82, 2.24) is 9.88 Å². The number of benzene rings is 2. The number of hydrogen-bond acceptors (Lipinski definition) is 5. The molecule has 0 atom stereocenters. The fraction of sp³-hybridized carbons (Fsp3) is 0.286. The second-order valence-electron chi connectivity index (χ2n) is 9.80. The Balaban J connectivity index is 1.40. The van der Waals surface area contributed by atoms with E-state index in [1.54, 1.807) is 6.20 Å². The minimum absolute atomic E-state index is 0.0832. The zero-order valence-electron chi connectivity index (χ0n) is 19.5. The molecule has 2 aliphatic rings. The summed E-state index contributed by atoms with van der Waals surface area (Å²) in [6, 6.07) is 14.2. The average molecular weight is 441 g/mol. The van der Waals surface area contributed by atoms with Gasteiger partial charge in [-0.15, -0.1) is 0 Å². The third-order valence-electron chi connectivity index (χ3n) is 6.21. The third-order valence-corrected chi connectivity index (χ3v) is 6.21. The summed E-state index contributed by atoms with van der Waals surface area (Å²) in [5.41, 5.74) is 5.91. The van der Waals surface area contributed by atoms with Gasteiger partial charge in [-0.25, -0.2) is 0 Å². The monoisotopic (exact) mass is 440 g/mol. The van der Waals surface area contributed by atoms with Gasteiger partial charge in [0.2, 0.25) is 5.78 Å². The van der Waals surface area contributed by atoms with Gasteiger partial charge in [-0.05, 0) is 47.2 Å². The van der Waals surface area contributed by atoms with E-state index < -0.39 is 0 Å². The van der Waals surface area contributed by atoms with Crippen LogP contribution < -0.4 is 9.47 Å². The summed E-state index contributed by atoms with van der Waals surface area (Å²) in [6.07, 6.45) is 5.46. The molecule has 0 unspecified atom stereocenters. The molecule has 1 aromatic heterocycles. The van der Waals surface area contributed by atoms with Gasteiger partial charge in [0.1, 0.15) is 18.2 Å². The van der Waals surface area contributed by atoms with Crippen LogP contribution in [0.1, 0.15) is 58.9 Å². The normalized spacial score (nSPS) is 16.8. The van der Waals surface area contributed by atoms with E-state index in [4.69, 9.17) is 9.47 Å². The molecule has 0 radical (unpaired) electrons. The van der Waals surface area contributed by atoms with Gasteiger partial charge in [-0.1, -0.05) is 51.1 Å². The highest BCUT2D eigenvalue weighted by atomic mass is 16.5. The SMILES string of the molecule is Cc1c2c(cc3c1O/C(=C\c1ccc(C(C)(C)C)cc1)C3=O)CN(Cc1cccnc1)CO2. The van der Waals surface area contributed by atoms with Crippen molar-refractivity contribution in [2.24, 2.45) is 0 Å². The number of carbonyl (C=O) groups is 1. The molecule has 0 N–H and O–H groups in total. The van der Waals surface area contributed by atoms with E-state index in [-0.39, 0.29) is 11.2 Å². The summed E-state index contributed by atoms with van der Waals surface area (Å²) in [6.45, 7) is 10.4. The zero-order chi connectivity index (χ0) is 23.2. The van der Waals surface area contributed by atoms with Crippen LogP contribution in [0.25, 0.3) is 6.08 Å². The van der Waals surface area contributed by atoms with E-state index in [1.807, 2.05) is 43.5 Å². The van der Waals surface area contributed by atoms with Crippen LogP contribution in [0.15, 0.2) is 60.6 Å². The largest absolute Gasteiger partial charge is 0.477 e. The van der Waals surface area contributed by atoms with E-state index in [2.05, 4.69) is 48.9 Å². The maximum absolute atomic E-state index is 13.2. The standard InChI is InChI=1S/C28H28N2O3/c1-18-26-21(16-30(17-32-26)15-20-6-5-11-29-14-20)13-23-25(31)24(33-27(18)23)12-19-7-9-22(10-8-19)28(2,3)4/h5-14H,15-17H2,1-4H3/b24-12-. The number of carbonyl (C=O) groups excluding carboxylic acids is 1. The van der Waals surface area contributed by atoms with Crippen LogP contribution in [0.3, 0.4) is 0 Å². The van der Waals surface area contributed by atoms with Crippen molar-refractivity contribution < 1.29 is 14.3 Å². The number of rotatable bonds is 3. The van der Waals surface area contributed by atoms with Crippen molar-refractivity contribution in [3.63, 3.8) is 0 Å². The first-order chi connectivity index (χ1) is 15.8. The van der Waals surface area contributed by atoms with Crippen LogP contribution in [0.2, 0.25) is 0 Å². The first kappa shape index (κ1) is 21.4. The van der Waals surface area contributed by atoms with Crippen molar-refractivity contribution >= 4 is 11.9 Å². The predicted octanol–water partition coefficient (Wildman–Crippen LogP) is 5.66. The summed E-state index contributed by atoms with van der Waals surface area (Å²) < 4.78 is 12.1. The fourth-order valence-electron chi connectivity index (χ4n) is 4.38. The van der Waals surface area contributed by atoms with Crippen LogP contribution in [0.5, 0.6) is 11.5 Å². The van der Waals surface area contributed by atoms with Crippen LogP contribution in [-0.4, -0.2) is 22.4 Å². The molecule has 0 saturated heterocycles. The molecular weight excluding hydrogens is 412 g/mol. The topological polar surface area (TPSA) is 51.7 Å². The Bertz CT molecular complexity index is 1240. The summed E-state index contributed by atoms with van der Waals surface area (Å²) >= 11 is 0. The molecule has 5 nitrogen and oxygen atoms in total. The molecule has 3 aromatic rings. The van der Waals surface area contributed by atoms with Gasteiger partial charge in [0.25, 0.3) is 0 Å². The van der Waals surface area contributed by atoms with Crippen molar-refractivity contribution in [3.8, 4) is 11.5 Å². The Morgan fingerprint density at radius 2 is 1.91 bits per heavy atom. The summed E-state index contributed by atoms with van der Waals surface area (Å²) in [5.74, 6) is 1.70. The van der Waals surface area contributed by atoms with Crippen molar-refractivity contribution in [3.05, 3.63) is 94.0 Å². The molecule has 3 heterocycles. The van der Waals surface area contributed by atoms with Gasteiger partial charge in [-0.3, -0.25) is 14.7 Å². The number of allylic oxidation sites excluding steroid dienone is 1.